The molecule has 4 aromatic rings. The van der Waals surface area contributed by atoms with Gasteiger partial charge in [-0.1, -0.05) is 0 Å². The van der Waals surface area contributed by atoms with Crippen LogP contribution in [0.2, 0.25) is 0 Å². The summed E-state index contributed by atoms with van der Waals surface area (Å²) in [5.74, 6) is -0.746. The van der Waals surface area contributed by atoms with Gasteiger partial charge in [-0.2, -0.15) is 0 Å². The molecule has 0 atom stereocenters. The maximum absolute atomic E-state index is 13.1. The van der Waals surface area contributed by atoms with Gasteiger partial charge in [-0.25, -0.2) is 0 Å². The molecule has 0 aliphatic carbocycles. The molecule has 0 saturated carbocycles. The van der Waals surface area contributed by atoms with Crippen molar-refractivity contribution < 1.29 is 12.7 Å². The van der Waals surface area contributed by atoms with Gasteiger partial charge >= 0.3 is 193 Å². The van der Waals surface area contributed by atoms with Gasteiger partial charge in [-0.05, 0) is 0 Å². The van der Waals surface area contributed by atoms with Crippen LogP contribution in [0.3, 0.4) is 0 Å². The molecular weight excluding hydrogens is 505 g/mol. The van der Waals surface area contributed by atoms with Crippen LogP contribution in [0.4, 0.5) is 0 Å². The number of nitrogens with one attached hydrogen (secondary N) is 1. The summed E-state index contributed by atoms with van der Waals surface area (Å²) in [6.07, 6.45) is 0. The van der Waals surface area contributed by atoms with E-state index < -0.39 is 24.8 Å². The Morgan fingerprint density at radius 2 is 0.969 bits per heavy atom. The number of carbonyl (C=O) groups is 2. The Bertz CT molecular complexity index is 1070. The second-order valence-corrected chi connectivity index (χ2v) is 16.7. The summed E-state index contributed by atoms with van der Waals surface area (Å²) in [7, 11) is 0. The Morgan fingerprint density at radius 3 is 1.38 bits per heavy atom. The Balaban J connectivity index is 1.69. The van der Waals surface area contributed by atoms with E-state index in [1.807, 2.05) is 97.1 Å². The first-order chi connectivity index (χ1) is 15.7. The predicted octanol–water partition coefficient (Wildman–Crippen LogP) is 2.63. The number of carbonyl (C=O) groups excluding carboxylic acids is 2. The summed E-state index contributed by atoms with van der Waals surface area (Å²) in [6.45, 7) is -0.196. The van der Waals surface area contributed by atoms with Crippen molar-refractivity contribution in [3.63, 3.8) is 0 Å². The molecule has 32 heavy (non-hydrogen) atoms. The minimum absolute atomic E-state index is 0.196. The number of hydrogen-bond donors (Lipinski definition) is 1. The van der Waals surface area contributed by atoms with Crippen LogP contribution in [0.1, 0.15) is 10.4 Å². The van der Waals surface area contributed by atoms with Crippen LogP contribution in [0.25, 0.3) is 0 Å². The van der Waals surface area contributed by atoms with Crippen molar-refractivity contribution in [2.45, 2.75) is 0 Å². The molecule has 4 nitrogen and oxygen atoms in total. The van der Waals surface area contributed by atoms with Crippen molar-refractivity contribution in [3.05, 3.63) is 127 Å². The molecule has 4 rings (SSSR count). The molecule has 0 aliphatic heterocycles. The van der Waals surface area contributed by atoms with Crippen molar-refractivity contribution in [1.82, 2.24) is 5.32 Å². The second kappa shape index (κ2) is 10.3. The molecule has 4 aromatic carbocycles. The minimum atomic E-state index is -4.16. The van der Waals surface area contributed by atoms with Crippen LogP contribution in [0, 0.1) is 0 Å². The summed E-state index contributed by atoms with van der Waals surface area (Å²) >= 11 is -4.16. The fourth-order valence-corrected chi connectivity index (χ4v) is 14.5. The number of benzene rings is 4. The fourth-order valence-electron chi connectivity index (χ4n) is 3.75. The first-order valence-corrected chi connectivity index (χ1v) is 15.9. The van der Waals surface area contributed by atoms with Gasteiger partial charge in [0.1, 0.15) is 0 Å². The third-order valence-electron chi connectivity index (χ3n) is 5.24. The molecule has 0 saturated heterocycles. The van der Waals surface area contributed by atoms with Crippen molar-refractivity contribution >= 4 is 41.4 Å². The summed E-state index contributed by atoms with van der Waals surface area (Å²) in [4.78, 5) is 25.6. The maximum atomic E-state index is 13.1. The number of amides is 1. The van der Waals surface area contributed by atoms with Crippen molar-refractivity contribution in [3.8, 4) is 0 Å². The monoisotopic (exact) mass is 529 g/mol. The summed E-state index contributed by atoms with van der Waals surface area (Å²) in [6, 6.07) is 38.7. The van der Waals surface area contributed by atoms with Crippen LogP contribution in [-0.4, -0.2) is 37.2 Å². The van der Waals surface area contributed by atoms with E-state index in [4.69, 9.17) is 3.07 Å². The van der Waals surface area contributed by atoms with Gasteiger partial charge in [0.15, 0.2) is 0 Å². The van der Waals surface area contributed by atoms with Crippen LogP contribution in [0.5, 0.6) is 0 Å². The predicted molar refractivity (Wildman–Crippen MR) is 129 cm³/mol. The standard InChI is InChI=1S/C9H9NO3.3C6H5.Sn/c11-8(12)6-10-9(13)7-4-2-1-3-5-7;3*1-2-4-6-5-3-1;/h1-5H,6H2,(H,10,13)(H,11,12);3*1-5H;/q;;;;+1/p-1. The molecule has 0 spiro atoms. The molecule has 158 valence electrons. The van der Waals surface area contributed by atoms with E-state index in [-0.39, 0.29) is 12.5 Å². The number of hydrogen-bond acceptors (Lipinski definition) is 3. The van der Waals surface area contributed by atoms with E-state index in [1.54, 1.807) is 24.3 Å². The Labute approximate surface area is 192 Å². The summed E-state index contributed by atoms with van der Waals surface area (Å²) < 4.78 is 9.53. The molecule has 0 radical (unpaired) electrons. The molecule has 0 aromatic heterocycles. The molecule has 0 unspecified atom stereocenters. The second-order valence-electron chi connectivity index (χ2n) is 7.30. The first kappa shape index (κ1) is 21.8. The van der Waals surface area contributed by atoms with Crippen LogP contribution in [-0.2, 0) is 7.87 Å². The third-order valence-corrected chi connectivity index (χ3v) is 16.6. The molecule has 0 fully saturated rings. The van der Waals surface area contributed by atoms with E-state index in [0.717, 1.165) is 10.7 Å². The topological polar surface area (TPSA) is 55.4 Å². The van der Waals surface area contributed by atoms with Gasteiger partial charge in [0, 0.05) is 0 Å². The zero-order chi connectivity index (χ0) is 22.2. The van der Waals surface area contributed by atoms with Gasteiger partial charge in [-0.15, -0.1) is 0 Å². The molecule has 0 aliphatic rings. The average Bonchev–Trinajstić information content (AvgIpc) is 2.88. The fraction of sp³-hybridized carbons (Fsp3) is 0.0370. The average molecular weight is 528 g/mol. The zero-order valence-electron chi connectivity index (χ0n) is 17.5. The van der Waals surface area contributed by atoms with Gasteiger partial charge in [-0.3, -0.25) is 0 Å². The summed E-state index contributed by atoms with van der Waals surface area (Å²) in [5, 5.41) is 2.70. The van der Waals surface area contributed by atoms with Crippen molar-refractivity contribution in [1.29, 1.82) is 0 Å². The van der Waals surface area contributed by atoms with Gasteiger partial charge in [0.25, 0.3) is 0 Å². The summed E-state index contributed by atoms with van der Waals surface area (Å²) in [5.41, 5.74) is 0.504. The Kier molecular flexibility index (Phi) is 7.02. The van der Waals surface area contributed by atoms with Crippen LogP contribution < -0.4 is 16.1 Å². The van der Waals surface area contributed by atoms with Gasteiger partial charge < -0.3 is 0 Å². The normalized spacial score (nSPS) is 10.9. The van der Waals surface area contributed by atoms with E-state index >= 15 is 0 Å². The van der Waals surface area contributed by atoms with Gasteiger partial charge in [0.05, 0.1) is 0 Å². The van der Waals surface area contributed by atoms with E-state index in [0.29, 0.717) is 5.56 Å². The first-order valence-electron chi connectivity index (χ1n) is 10.4. The molecule has 0 heterocycles. The van der Waals surface area contributed by atoms with E-state index in [1.165, 1.54) is 0 Å². The molecule has 1 N–H and O–H groups in total. The molecular formula is C27H23NO3Sn. The molecule has 1 amide bonds. The van der Waals surface area contributed by atoms with Crippen LogP contribution in [0.15, 0.2) is 121 Å². The van der Waals surface area contributed by atoms with E-state index in [2.05, 4.69) is 5.32 Å². The van der Waals surface area contributed by atoms with Crippen molar-refractivity contribution in [2.75, 3.05) is 6.54 Å². The SMILES string of the molecule is O=C(CNC(=O)c1ccccc1)[O][Sn]([c]1ccccc1)([c]1ccccc1)[c]1ccccc1. The Hall–Kier alpha value is -3.38. The quantitative estimate of drug-likeness (QED) is 0.376. The van der Waals surface area contributed by atoms with Gasteiger partial charge in [0.2, 0.25) is 0 Å². The number of rotatable bonds is 7. The Morgan fingerprint density at radius 1 is 0.594 bits per heavy atom. The zero-order valence-corrected chi connectivity index (χ0v) is 20.3. The van der Waals surface area contributed by atoms with E-state index in [9.17, 15) is 9.59 Å². The van der Waals surface area contributed by atoms with Crippen LogP contribution >= 0.6 is 0 Å². The van der Waals surface area contributed by atoms with Crippen molar-refractivity contribution in [2.24, 2.45) is 0 Å². The third kappa shape index (κ3) is 4.75. The molecule has 0 bridgehead atoms. The molecule has 5 heteroatoms.